The maximum atomic E-state index is 13.1. The Kier molecular flexibility index (Phi) is 6.23. The number of halogens is 2. The first-order valence-corrected chi connectivity index (χ1v) is 10.3. The molecule has 4 rings (SSSR count). The molecule has 1 aliphatic heterocycles. The number of piperazine rings is 1. The fraction of sp³-hybridized carbons (Fsp3) is 0.208. The average Bonchev–Trinajstić information content (AvgIpc) is 2.79. The molecule has 3 nitrogen and oxygen atoms in total. The van der Waals surface area contributed by atoms with Gasteiger partial charge in [-0.05, 0) is 66.2 Å². The van der Waals surface area contributed by atoms with Crippen molar-refractivity contribution >= 4 is 22.9 Å². The Hall–Kier alpha value is -2.99. The molecular weight excluding hydrogens is 402 g/mol. The topological polar surface area (TPSA) is 15.7 Å². The second kappa shape index (κ2) is 9.22. The highest BCUT2D eigenvalue weighted by atomic mass is 32.1. The maximum Gasteiger partial charge on any atom is 0.123 e. The fourth-order valence-corrected chi connectivity index (χ4v) is 3.76. The summed E-state index contributed by atoms with van der Waals surface area (Å²) in [4.78, 5) is 5.26. The lowest BCUT2D eigenvalue weighted by Gasteiger charge is -2.37. The average molecular weight is 425 g/mol. The molecule has 0 radical (unpaired) electrons. The van der Waals surface area contributed by atoms with Gasteiger partial charge in [0, 0.05) is 37.4 Å². The third-order valence-corrected chi connectivity index (χ3v) is 5.67. The second-order valence-electron chi connectivity index (χ2n) is 7.20. The van der Waals surface area contributed by atoms with Gasteiger partial charge in [0.2, 0.25) is 0 Å². The Balaban J connectivity index is 1.30. The van der Waals surface area contributed by atoms with E-state index in [1.165, 1.54) is 24.3 Å². The van der Waals surface area contributed by atoms with Crippen molar-refractivity contribution in [1.82, 2.24) is 4.90 Å². The van der Waals surface area contributed by atoms with Crippen molar-refractivity contribution in [1.29, 1.82) is 0 Å². The number of anilines is 1. The highest BCUT2D eigenvalue weighted by Gasteiger charge is 2.20. The number of rotatable bonds is 5. The van der Waals surface area contributed by atoms with E-state index in [0.29, 0.717) is 6.61 Å². The predicted molar refractivity (Wildman–Crippen MR) is 119 cm³/mol. The lowest BCUT2D eigenvalue weighted by atomic mass is 10.1. The number of nitrogens with zero attached hydrogens (tertiary/aromatic N) is 2. The van der Waals surface area contributed by atoms with Crippen LogP contribution in [0.25, 0.3) is 0 Å². The van der Waals surface area contributed by atoms with Crippen molar-refractivity contribution in [3.8, 4) is 5.75 Å². The molecule has 0 aliphatic carbocycles. The van der Waals surface area contributed by atoms with Crippen molar-refractivity contribution in [3.05, 3.63) is 95.6 Å². The summed E-state index contributed by atoms with van der Waals surface area (Å²) in [5.41, 5.74) is 2.93. The fourth-order valence-electron chi connectivity index (χ4n) is 3.44. The summed E-state index contributed by atoms with van der Waals surface area (Å²) in [6.07, 6.45) is 0. The minimum Gasteiger partial charge on any atom is -0.489 e. The number of benzene rings is 3. The number of hydrogen-bond donors (Lipinski definition) is 0. The van der Waals surface area contributed by atoms with E-state index < -0.39 is 0 Å². The summed E-state index contributed by atoms with van der Waals surface area (Å²) in [5.74, 6) is 0.269. The molecule has 1 saturated heterocycles. The van der Waals surface area contributed by atoms with Crippen molar-refractivity contribution in [3.63, 3.8) is 0 Å². The molecule has 0 amide bonds. The normalized spacial score (nSPS) is 13.9. The lowest BCUT2D eigenvalue weighted by Crippen LogP contribution is -2.48. The Morgan fingerprint density at radius 1 is 0.767 bits per heavy atom. The van der Waals surface area contributed by atoms with Crippen LogP contribution in [0.2, 0.25) is 0 Å². The van der Waals surface area contributed by atoms with Crippen LogP contribution in [0.5, 0.6) is 5.75 Å². The summed E-state index contributed by atoms with van der Waals surface area (Å²) in [7, 11) is 0. The molecule has 1 heterocycles. The molecule has 6 heteroatoms. The van der Waals surface area contributed by atoms with Crippen LogP contribution < -0.4 is 9.64 Å². The van der Waals surface area contributed by atoms with Crippen LogP contribution in [0.1, 0.15) is 11.1 Å². The van der Waals surface area contributed by atoms with Gasteiger partial charge in [-0.25, -0.2) is 8.78 Å². The monoisotopic (exact) mass is 424 g/mol. The Bertz CT molecular complexity index is 983. The van der Waals surface area contributed by atoms with Gasteiger partial charge >= 0.3 is 0 Å². The second-order valence-corrected chi connectivity index (χ2v) is 7.58. The van der Waals surface area contributed by atoms with Gasteiger partial charge in [-0.2, -0.15) is 0 Å². The molecule has 0 unspecified atom stereocenters. The summed E-state index contributed by atoms with van der Waals surface area (Å²) in [6.45, 7) is 3.70. The number of ether oxygens (including phenoxy) is 1. The smallest absolute Gasteiger partial charge is 0.123 e. The van der Waals surface area contributed by atoms with Gasteiger partial charge in [-0.1, -0.05) is 24.4 Å². The predicted octanol–water partition coefficient (Wildman–Crippen LogP) is 5.04. The lowest BCUT2D eigenvalue weighted by molar-refractivity contribution is 0.306. The van der Waals surface area contributed by atoms with E-state index in [-0.39, 0.29) is 11.6 Å². The van der Waals surface area contributed by atoms with Gasteiger partial charge in [0.15, 0.2) is 0 Å². The molecule has 30 heavy (non-hydrogen) atoms. The zero-order valence-corrected chi connectivity index (χ0v) is 17.2. The maximum absolute atomic E-state index is 13.1. The molecule has 154 valence electrons. The standard InChI is InChI=1S/C24H22F2N2OS/c25-20-5-1-18(2-6-20)17-29-23-11-3-19(4-12-23)24(30)28-15-13-27(14-16-28)22-9-7-21(26)8-10-22/h1-12H,13-17H2. The highest BCUT2D eigenvalue weighted by Crippen LogP contribution is 2.20. The van der Waals surface area contributed by atoms with Crippen molar-refractivity contribution in [2.45, 2.75) is 6.61 Å². The molecule has 3 aromatic carbocycles. The zero-order chi connectivity index (χ0) is 20.9. The van der Waals surface area contributed by atoms with Crippen LogP contribution in [0.4, 0.5) is 14.5 Å². The van der Waals surface area contributed by atoms with Crippen LogP contribution in [-0.4, -0.2) is 36.1 Å². The van der Waals surface area contributed by atoms with E-state index in [0.717, 1.165) is 53.7 Å². The van der Waals surface area contributed by atoms with Crippen molar-refractivity contribution in [2.24, 2.45) is 0 Å². The van der Waals surface area contributed by atoms with E-state index in [1.807, 2.05) is 36.4 Å². The van der Waals surface area contributed by atoms with Gasteiger partial charge in [0.25, 0.3) is 0 Å². The minimum absolute atomic E-state index is 0.219. The summed E-state index contributed by atoms with van der Waals surface area (Å²) >= 11 is 5.69. The summed E-state index contributed by atoms with van der Waals surface area (Å²) in [6, 6.07) is 20.6. The SMILES string of the molecule is Fc1ccc(COc2ccc(C(=S)N3CCN(c4ccc(F)cc4)CC3)cc2)cc1. The Morgan fingerprint density at radius 2 is 1.33 bits per heavy atom. The van der Waals surface area contributed by atoms with E-state index in [2.05, 4.69) is 9.80 Å². The summed E-state index contributed by atoms with van der Waals surface area (Å²) in [5, 5.41) is 0. The van der Waals surface area contributed by atoms with Gasteiger partial charge in [0.05, 0.1) is 0 Å². The molecule has 0 N–H and O–H groups in total. The minimum atomic E-state index is -0.255. The van der Waals surface area contributed by atoms with Crippen LogP contribution >= 0.6 is 12.2 Å². The van der Waals surface area contributed by atoms with Gasteiger partial charge in [-0.15, -0.1) is 0 Å². The van der Waals surface area contributed by atoms with E-state index >= 15 is 0 Å². The summed E-state index contributed by atoms with van der Waals surface area (Å²) < 4.78 is 31.9. The molecule has 1 fully saturated rings. The van der Waals surface area contributed by atoms with Crippen molar-refractivity contribution in [2.75, 3.05) is 31.1 Å². The molecule has 0 saturated carbocycles. The van der Waals surface area contributed by atoms with E-state index in [9.17, 15) is 8.78 Å². The Morgan fingerprint density at radius 3 is 1.93 bits per heavy atom. The van der Waals surface area contributed by atoms with Gasteiger partial charge in [-0.3, -0.25) is 0 Å². The molecule has 0 spiro atoms. The molecule has 0 aromatic heterocycles. The van der Waals surface area contributed by atoms with E-state index in [4.69, 9.17) is 17.0 Å². The number of thiocarbonyl (C=S) groups is 1. The Labute approximate surface area is 180 Å². The highest BCUT2D eigenvalue weighted by molar-refractivity contribution is 7.80. The van der Waals surface area contributed by atoms with Crippen LogP contribution in [0, 0.1) is 11.6 Å². The first-order valence-electron chi connectivity index (χ1n) is 9.85. The molecule has 0 bridgehead atoms. The third kappa shape index (κ3) is 4.94. The third-order valence-electron chi connectivity index (χ3n) is 5.18. The first-order chi connectivity index (χ1) is 14.6. The van der Waals surface area contributed by atoms with Gasteiger partial charge < -0.3 is 14.5 Å². The van der Waals surface area contributed by atoms with Crippen LogP contribution in [-0.2, 0) is 6.61 Å². The van der Waals surface area contributed by atoms with Crippen molar-refractivity contribution < 1.29 is 13.5 Å². The van der Waals surface area contributed by atoms with Gasteiger partial charge in [0.1, 0.15) is 29.0 Å². The molecular formula is C24H22F2N2OS. The first kappa shape index (κ1) is 20.3. The quantitative estimate of drug-likeness (QED) is 0.533. The van der Waals surface area contributed by atoms with Crippen LogP contribution in [0.15, 0.2) is 72.8 Å². The zero-order valence-electron chi connectivity index (χ0n) is 16.4. The molecule has 1 aliphatic rings. The molecule has 0 atom stereocenters. The van der Waals surface area contributed by atoms with E-state index in [1.54, 1.807) is 12.1 Å². The van der Waals surface area contributed by atoms with Crippen LogP contribution in [0.3, 0.4) is 0 Å². The largest absolute Gasteiger partial charge is 0.489 e. The number of hydrogen-bond acceptors (Lipinski definition) is 3. The molecule has 3 aromatic rings.